The van der Waals surface area contributed by atoms with Crippen molar-refractivity contribution in [1.82, 2.24) is 15.5 Å². The van der Waals surface area contributed by atoms with Gasteiger partial charge in [0.05, 0.1) is 5.56 Å². The highest BCUT2D eigenvalue weighted by Gasteiger charge is 2.19. The lowest BCUT2D eigenvalue weighted by molar-refractivity contribution is 0.0935. The van der Waals surface area contributed by atoms with E-state index in [1.807, 2.05) is 43.3 Å². The highest BCUT2D eigenvalue weighted by Crippen LogP contribution is 2.18. The number of carbonyl (C=O) groups excluding carboxylic acids is 1. The van der Waals surface area contributed by atoms with Crippen LogP contribution in [0.4, 0.5) is 0 Å². The zero-order chi connectivity index (χ0) is 14.4. The molecule has 1 heterocycles. The number of hydrogen-bond acceptors (Lipinski definition) is 4. The summed E-state index contributed by atoms with van der Waals surface area (Å²) in [7, 11) is 3.99. The fourth-order valence-corrected chi connectivity index (χ4v) is 2.16. The summed E-state index contributed by atoms with van der Waals surface area (Å²) >= 11 is 0. The van der Waals surface area contributed by atoms with Crippen LogP contribution in [0, 0.1) is 0 Å². The molecular formula is C15H23N3O2. The first-order chi connectivity index (χ1) is 9.66. The van der Waals surface area contributed by atoms with Gasteiger partial charge in [-0.25, -0.2) is 0 Å². The van der Waals surface area contributed by atoms with Gasteiger partial charge in [0.15, 0.2) is 0 Å². The van der Waals surface area contributed by atoms with E-state index >= 15 is 0 Å². The van der Waals surface area contributed by atoms with Crippen LogP contribution in [0.3, 0.4) is 0 Å². The first-order valence-corrected chi connectivity index (χ1v) is 7.05. The van der Waals surface area contributed by atoms with E-state index in [-0.39, 0.29) is 11.9 Å². The van der Waals surface area contributed by atoms with Gasteiger partial charge in [-0.1, -0.05) is 12.1 Å². The van der Waals surface area contributed by atoms with Crippen LogP contribution in [0.25, 0.3) is 0 Å². The highest BCUT2D eigenvalue weighted by molar-refractivity contribution is 5.97. The molecule has 0 aromatic heterocycles. The van der Waals surface area contributed by atoms with E-state index in [2.05, 4.69) is 10.6 Å². The van der Waals surface area contributed by atoms with Crippen molar-refractivity contribution in [2.45, 2.75) is 12.5 Å². The second-order valence-corrected chi connectivity index (χ2v) is 5.31. The summed E-state index contributed by atoms with van der Waals surface area (Å²) in [6, 6.07) is 7.62. The number of carbonyl (C=O) groups is 1. The lowest BCUT2D eigenvalue weighted by Crippen LogP contribution is -2.36. The van der Waals surface area contributed by atoms with Crippen molar-refractivity contribution in [3.05, 3.63) is 29.8 Å². The molecule has 5 nitrogen and oxygen atoms in total. The number of nitrogens with zero attached hydrogens (tertiary/aromatic N) is 1. The molecule has 110 valence electrons. The lowest BCUT2D eigenvalue weighted by atomic mass is 10.1. The van der Waals surface area contributed by atoms with E-state index in [1.165, 1.54) is 0 Å². The second kappa shape index (κ2) is 7.26. The number of benzene rings is 1. The standard InChI is InChI=1S/C15H23N3O2/c1-18(2)9-10-20-14-6-4-3-5-13(14)15(19)17-12-7-8-16-11-12/h3-6,12,16H,7-11H2,1-2H3,(H,17,19). The molecule has 0 radical (unpaired) electrons. The number of amides is 1. The molecule has 1 aromatic carbocycles. The van der Waals surface area contributed by atoms with Crippen LogP contribution in [0.5, 0.6) is 5.75 Å². The van der Waals surface area contributed by atoms with Crippen LogP contribution in [-0.4, -0.2) is 57.2 Å². The van der Waals surface area contributed by atoms with Crippen LogP contribution < -0.4 is 15.4 Å². The van der Waals surface area contributed by atoms with Crippen molar-refractivity contribution in [2.24, 2.45) is 0 Å². The Morgan fingerprint density at radius 2 is 2.25 bits per heavy atom. The summed E-state index contributed by atoms with van der Waals surface area (Å²) in [4.78, 5) is 14.3. The number of para-hydroxylation sites is 1. The number of ether oxygens (including phenoxy) is 1. The average molecular weight is 277 g/mol. The minimum Gasteiger partial charge on any atom is -0.491 e. The number of likely N-dealkylation sites (N-methyl/N-ethyl adjacent to an activating group) is 1. The zero-order valence-corrected chi connectivity index (χ0v) is 12.2. The summed E-state index contributed by atoms with van der Waals surface area (Å²) in [6.07, 6.45) is 0.982. The second-order valence-electron chi connectivity index (χ2n) is 5.31. The molecule has 1 atom stereocenters. The molecule has 1 aromatic rings. The molecule has 1 aliphatic heterocycles. The summed E-state index contributed by atoms with van der Waals surface area (Å²) in [5.41, 5.74) is 0.609. The molecule has 2 N–H and O–H groups in total. The molecule has 1 saturated heterocycles. The largest absolute Gasteiger partial charge is 0.491 e. The quantitative estimate of drug-likeness (QED) is 0.804. The van der Waals surface area contributed by atoms with E-state index in [4.69, 9.17) is 4.74 Å². The molecular weight excluding hydrogens is 254 g/mol. The van der Waals surface area contributed by atoms with Gasteiger partial charge >= 0.3 is 0 Å². The van der Waals surface area contributed by atoms with Gasteiger partial charge in [-0.05, 0) is 39.2 Å². The maximum absolute atomic E-state index is 12.3. The minimum absolute atomic E-state index is 0.0563. The van der Waals surface area contributed by atoms with Crippen molar-refractivity contribution in [2.75, 3.05) is 40.3 Å². The lowest BCUT2D eigenvalue weighted by Gasteiger charge is -2.15. The third kappa shape index (κ3) is 4.21. The Labute approximate surface area is 120 Å². The predicted octanol–water partition coefficient (Wildman–Crippen LogP) is 0.719. The Kier molecular flexibility index (Phi) is 5.38. The summed E-state index contributed by atoms with van der Waals surface area (Å²) in [6.45, 7) is 3.20. The van der Waals surface area contributed by atoms with E-state index in [0.29, 0.717) is 17.9 Å². The van der Waals surface area contributed by atoms with Gasteiger partial charge in [-0.2, -0.15) is 0 Å². The van der Waals surface area contributed by atoms with Crippen molar-refractivity contribution in [1.29, 1.82) is 0 Å². The highest BCUT2D eigenvalue weighted by atomic mass is 16.5. The van der Waals surface area contributed by atoms with Gasteiger partial charge in [0.25, 0.3) is 5.91 Å². The number of nitrogens with one attached hydrogen (secondary N) is 2. The van der Waals surface area contributed by atoms with Gasteiger partial charge in [0, 0.05) is 19.1 Å². The molecule has 0 aliphatic carbocycles. The fraction of sp³-hybridized carbons (Fsp3) is 0.533. The normalized spacial score (nSPS) is 18.2. The van der Waals surface area contributed by atoms with Gasteiger partial charge in [-0.3, -0.25) is 4.79 Å². The topological polar surface area (TPSA) is 53.6 Å². The number of hydrogen-bond donors (Lipinski definition) is 2. The van der Waals surface area contributed by atoms with Gasteiger partial charge < -0.3 is 20.3 Å². The smallest absolute Gasteiger partial charge is 0.255 e. The van der Waals surface area contributed by atoms with Crippen molar-refractivity contribution in [3.8, 4) is 5.75 Å². The van der Waals surface area contributed by atoms with Crippen molar-refractivity contribution >= 4 is 5.91 Å². The molecule has 1 unspecified atom stereocenters. The Morgan fingerprint density at radius 1 is 1.45 bits per heavy atom. The third-order valence-electron chi connectivity index (χ3n) is 3.32. The van der Waals surface area contributed by atoms with E-state index < -0.39 is 0 Å². The van der Waals surface area contributed by atoms with Crippen LogP contribution in [0.2, 0.25) is 0 Å². The van der Waals surface area contributed by atoms with Crippen LogP contribution in [-0.2, 0) is 0 Å². The zero-order valence-electron chi connectivity index (χ0n) is 12.2. The van der Waals surface area contributed by atoms with Gasteiger partial charge in [-0.15, -0.1) is 0 Å². The Morgan fingerprint density at radius 3 is 2.95 bits per heavy atom. The molecule has 1 fully saturated rings. The van der Waals surface area contributed by atoms with E-state index in [1.54, 1.807) is 0 Å². The summed E-state index contributed by atoms with van der Waals surface area (Å²) in [5.74, 6) is 0.594. The monoisotopic (exact) mass is 277 g/mol. The van der Waals surface area contributed by atoms with Gasteiger partial charge in [0.1, 0.15) is 12.4 Å². The van der Waals surface area contributed by atoms with Crippen molar-refractivity contribution < 1.29 is 9.53 Å². The maximum atomic E-state index is 12.3. The van der Waals surface area contributed by atoms with Crippen LogP contribution >= 0.6 is 0 Å². The summed E-state index contributed by atoms with van der Waals surface area (Å²) < 4.78 is 5.72. The molecule has 0 bridgehead atoms. The third-order valence-corrected chi connectivity index (χ3v) is 3.32. The van der Waals surface area contributed by atoms with Crippen LogP contribution in [0.1, 0.15) is 16.8 Å². The molecule has 2 rings (SSSR count). The van der Waals surface area contributed by atoms with Crippen LogP contribution in [0.15, 0.2) is 24.3 Å². The first kappa shape index (κ1) is 14.8. The predicted molar refractivity (Wildman–Crippen MR) is 79.2 cm³/mol. The van der Waals surface area contributed by atoms with Crippen molar-refractivity contribution in [3.63, 3.8) is 0 Å². The Balaban J connectivity index is 1.96. The van der Waals surface area contributed by atoms with Gasteiger partial charge in [0.2, 0.25) is 0 Å². The molecule has 20 heavy (non-hydrogen) atoms. The molecule has 0 saturated carbocycles. The number of rotatable bonds is 6. The average Bonchev–Trinajstić information content (AvgIpc) is 2.91. The molecule has 5 heteroatoms. The fourth-order valence-electron chi connectivity index (χ4n) is 2.16. The molecule has 1 aliphatic rings. The molecule has 1 amide bonds. The van der Waals surface area contributed by atoms with E-state index in [0.717, 1.165) is 26.1 Å². The minimum atomic E-state index is -0.0563. The Bertz CT molecular complexity index is 442. The molecule has 0 spiro atoms. The maximum Gasteiger partial charge on any atom is 0.255 e. The summed E-state index contributed by atoms with van der Waals surface area (Å²) in [5, 5.41) is 6.28. The first-order valence-electron chi connectivity index (χ1n) is 7.05. The SMILES string of the molecule is CN(C)CCOc1ccccc1C(=O)NC1CCNC1. The Hall–Kier alpha value is -1.59. The van der Waals surface area contributed by atoms with E-state index in [9.17, 15) is 4.79 Å².